The standard InChI is InChI=1S/C15H30N2O/c1-5-15(3,4)17-14(18)11-16-10-13-9-7-6-8-12(13)2/h12-13,16H,5-11H2,1-4H3,(H,17,18). The first-order valence-electron chi connectivity index (χ1n) is 7.46. The molecular weight excluding hydrogens is 224 g/mol. The van der Waals surface area contributed by atoms with Crippen LogP contribution in [-0.2, 0) is 4.79 Å². The normalized spacial score (nSPS) is 24.9. The maximum absolute atomic E-state index is 11.8. The molecule has 0 spiro atoms. The molecule has 1 fully saturated rings. The number of carbonyl (C=O) groups is 1. The van der Waals surface area contributed by atoms with Crippen molar-refractivity contribution in [3.63, 3.8) is 0 Å². The van der Waals surface area contributed by atoms with E-state index in [4.69, 9.17) is 0 Å². The van der Waals surface area contributed by atoms with E-state index in [9.17, 15) is 4.79 Å². The predicted octanol–water partition coefficient (Wildman–Crippen LogP) is 2.71. The molecule has 0 saturated heterocycles. The lowest BCUT2D eigenvalue weighted by atomic mass is 9.80. The summed E-state index contributed by atoms with van der Waals surface area (Å²) in [7, 11) is 0. The molecule has 0 aromatic rings. The lowest BCUT2D eigenvalue weighted by Gasteiger charge is -2.29. The van der Waals surface area contributed by atoms with Gasteiger partial charge in [0.05, 0.1) is 6.54 Å². The molecule has 0 aromatic carbocycles. The second kappa shape index (κ2) is 7.13. The Bertz CT molecular complexity index is 263. The van der Waals surface area contributed by atoms with E-state index in [2.05, 4.69) is 38.3 Å². The summed E-state index contributed by atoms with van der Waals surface area (Å²) in [5.41, 5.74) is -0.0864. The van der Waals surface area contributed by atoms with Crippen LogP contribution >= 0.6 is 0 Å². The molecule has 0 heterocycles. The average molecular weight is 254 g/mol. The maximum atomic E-state index is 11.8. The van der Waals surface area contributed by atoms with Crippen molar-refractivity contribution in [1.82, 2.24) is 10.6 Å². The first kappa shape index (κ1) is 15.5. The Labute approximate surface area is 112 Å². The van der Waals surface area contributed by atoms with Crippen LogP contribution in [0.3, 0.4) is 0 Å². The van der Waals surface area contributed by atoms with Crippen LogP contribution in [0, 0.1) is 11.8 Å². The SMILES string of the molecule is CCC(C)(C)NC(=O)CNCC1CCCCC1C. The van der Waals surface area contributed by atoms with E-state index in [0.29, 0.717) is 6.54 Å². The van der Waals surface area contributed by atoms with Gasteiger partial charge in [-0.15, -0.1) is 0 Å². The third-order valence-corrected chi connectivity index (χ3v) is 4.34. The summed E-state index contributed by atoms with van der Waals surface area (Å²) in [6, 6.07) is 0. The molecule has 0 aromatic heterocycles. The van der Waals surface area contributed by atoms with Gasteiger partial charge in [0.1, 0.15) is 0 Å². The Morgan fingerprint density at radius 1 is 1.28 bits per heavy atom. The van der Waals surface area contributed by atoms with Gasteiger partial charge in [-0.05, 0) is 45.1 Å². The van der Waals surface area contributed by atoms with Gasteiger partial charge in [0.25, 0.3) is 0 Å². The molecule has 0 bridgehead atoms. The molecule has 2 atom stereocenters. The van der Waals surface area contributed by atoms with Gasteiger partial charge in [-0.1, -0.05) is 33.1 Å². The number of nitrogens with one attached hydrogen (secondary N) is 2. The fraction of sp³-hybridized carbons (Fsp3) is 0.933. The van der Waals surface area contributed by atoms with E-state index < -0.39 is 0 Å². The monoisotopic (exact) mass is 254 g/mol. The molecule has 2 N–H and O–H groups in total. The minimum Gasteiger partial charge on any atom is -0.350 e. The summed E-state index contributed by atoms with van der Waals surface area (Å²) >= 11 is 0. The van der Waals surface area contributed by atoms with Gasteiger partial charge >= 0.3 is 0 Å². The van der Waals surface area contributed by atoms with Crippen molar-refractivity contribution in [2.24, 2.45) is 11.8 Å². The second-order valence-corrected chi connectivity index (χ2v) is 6.44. The van der Waals surface area contributed by atoms with Crippen molar-refractivity contribution in [1.29, 1.82) is 0 Å². The molecule has 3 nitrogen and oxygen atoms in total. The van der Waals surface area contributed by atoms with Crippen LogP contribution in [0.15, 0.2) is 0 Å². The summed E-state index contributed by atoms with van der Waals surface area (Å²) in [6.07, 6.45) is 6.35. The molecule has 1 rings (SSSR count). The number of carbonyl (C=O) groups excluding carboxylic acids is 1. The largest absolute Gasteiger partial charge is 0.350 e. The highest BCUT2D eigenvalue weighted by Gasteiger charge is 2.21. The van der Waals surface area contributed by atoms with E-state index in [1.54, 1.807) is 0 Å². The zero-order valence-corrected chi connectivity index (χ0v) is 12.5. The number of hydrogen-bond donors (Lipinski definition) is 2. The van der Waals surface area contributed by atoms with Crippen LogP contribution in [0.1, 0.15) is 59.8 Å². The van der Waals surface area contributed by atoms with Crippen molar-refractivity contribution in [3.05, 3.63) is 0 Å². The van der Waals surface area contributed by atoms with Crippen LogP contribution in [0.25, 0.3) is 0 Å². The third-order valence-electron chi connectivity index (χ3n) is 4.34. The van der Waals surface area contributed by atoms with Gasteiger partial charge in [-0.3, -0.25) is 4.79 Å². The highest BCUT2D eigenvalue weighted by molar-refractivity contribution is 5.78. The molecule has 1 aliphatic rings. The Balaban J connectivity index is 2.19. The summed E-state index contributed by atoms with van der Waals surface area (Å²) in [4.78, 5) is 11.8. The third kappa shape index (κ3) is 5.38. The molecule has 1 amide bonds. The fourth-order valence-corrected chi connectivity index (χ4v) is 2.58. The predicted molar refractivity (Wildman–Crippen MR) is 76.5 cm³/mol. The molecule has 18 heavy (non-hydrogen) atoms. The minimum atomic E-state index is -0.0864. The van der Waals surface area contributed by atoms with Crippen LogP contribution in [0.5, 0.6) is 0 Å². The Morgan fingerprint density at radius 2 is 1.94 bits per heavy atom. The van der Waals surface area contributed by atoms with Crippen LogP contribution in [0.4, 0.5) is 0 Å². The Morgan fingerprint density at radius 3 is 2.56 bits per heavy atom. The highest BCUT2D eigenvalue weighted by atomic mass is 16.2. The zero-order valence-electron chi connectivity index (χ0n) is 12.5. The fourth-order valence-electron chi connectivity index (χ4n) is 2.58. The van der Waals surface area contributed by atoms with Crippen LogP contribution < -0.4 is 10.6 Å². The van der Waals surface area contributed by atoms with E-state index >= 15 is 0 Å². The van der Waals surface area contributed by atoms with Gasteiger partial charge in [0.2, 0.25) is 5.91 Å². The van der Waals surface area contributed by atoms with E-state index in [-0.39, 0.29) is 11.4 Å². The van der Waals surface area contributed by atoms with Crippen molar-refractivity contribution >= 4 is 5.91 Å². The summed E-state index contributed by atoms with van der Waals surface area (Å²) in [5, 5.41) is 6.37. The summed E-state index contributed by atoms with van der Waals surface area (Å²) in [5.74, 6) is 1.68. The molecule has 0 radical (unpaired) electrons. The van der Waals surface area contributed by atoms with E-state index in [0.717, 1.165) is 24.8 Å². The molecule has 1 aliphatic carbocycles. The van der Waals surface area contributed by atoms with E-state index in [1.807, 2.05) is 0 Å². The van der Waals surface area contributed by atoms with Gasteiger partial charge < -0.3 is 10.6 Å². The molecule has 3 heteroatoms. The second-order valence-electron chi connectivity index (χ2n) is 6.44. The van der Waals surface area contributed by atoms with Gasteiger partial charge in [0, 0.05) is 5.54 Å². The average Bonchev–Trinajstić information content (AvgIpc) is 2.31. The van der Waals surface area contributed by atoms with Gasteiger partial charge in [-0.25, -0.2) is 0 Å². The highest BCUT2D eigenvalue weighted by Crippen LogP contribution is 2.28. The van der Waals surface area contributed by atoms with Gasteiger partial charge in [0.15, 0.2) is 0 Å². The first-order chi connectivity index (χ1) is 8.44. The first-order valence-corrected chi connectivity index (χ1v) is 7.46. The van der Waals surface area contributed by atoms with Crippen LogP contribution in [0.2, 0.25) is 0 Å². The Hall–Kier alpha value is -0.570. The quantitative estimate of drug-likeness (QED) is 0.765. The topological polar surface area (TPSA) is 41.1 Å². The maximum Gasteiger partial charge on any atom is 0.234 e. The summed E-state index contributed by atoms with van der Waals surface area (Å²) in [6.45, 7) is 10.00. The number of hydrogen-bond acceptors (Lipinski definition) is 2. The number of rotatable bonds is 6. The molecule has 0 aliphatic heterocycles. The molecule has 106 valence electrons. The van der Waals surface area contributed by atoms with Gasteiger partial charge in [-0.2, -0.15) is 0 Å². The zero-order chi connectivity index (χ0) is 13.6. The lowest BCUT2D eigenvalue weighted by Crippen LogP contribution is -2.47. The lowest BCUT2D eigenvalue weighted by molar-refractivity contribution is -0.121. The van der Waals surface area contributed by atoms with Crippen molar-refractivity contribution in [3.8, 4) is 0 Å². The molecule has 1 saturated carbocycles. The van der Waals surface area contributed by atoms with Crippen molar-refractivity contribution < 1.29 is 4.79 Å². The van der Waals surface area contributed by atoms with E-state index in [1.165, 1.54) is 25.7 Å². The summed E-state index contributed by atoms with van der Waals surface area (Å²) < 4.78 is 0. The van der Waals surface area contributed by atoms with Crippen molar-refractivity contribution in [2.45, 2.75) is 65.3 Å². The Kier molecular flexibility index (Phi) is 6.13. The van der Waals surface area contributed by atoms with Crippen LogP contribution in [-0.4, -0.2) is 24.5 Å². The van der Waals surface area contributed by atoms with Crippen molar-refractivity contribution in [2.75, 3.05) is 13.1 Å². The smallest absolute Gasteiger partial charge is 0.234 e. The molecule has 2 unspecified atom stereocenters. The number of amides is 1. The minimum absolute atomic E-state index is 0.0864. The molecular formula is C15H30N2O.